The summed E-state index contributed by atoms with van der Waals surface area (Å²) in [6.45, 7) is 0. The topological polar surface area (TPSA) is 0 Å². The van der Waals surface area contributed by atoms with Crippen LogP contribution >= 0.6 is 0 Å². The minimum Gasteiger partial charge on any atom is -1.00 e. The van der Waals surface area contributed by atoms with Crippen LogP contribution in [-0.4, -0.2) is 13.3 Å². The second-order valence-corrected chi connectivity index (χ2v) is 14.0. The molecule has 0 fully saturated rings. The van der Waals surface area contributed by atoms with Crippen LogP contribution < -0.4 is 0 Å². The Kier molecular flexibility index (Phi) is 4.43. The third kappa shape index (κ3) is 2.88. The number of allylic oxidation sites excluding steroid dienone is 4. The van der Waals surface area contributed by atoms with Crippen molar-refractivity contribution in [2.24, 2.45) is 0 Å². The standard InChI is InChI=1S/C8H13Ge.Zr.2H/c1-9(2,3)8-6-4-5-7-8;;;/h4,6H,5H2,1-3H3;;;/q-1;;2*-1. The smallest absolute Gasteiger partial charge is 0 e. The summed E-state index contributed by atoms with van der Waals surface area (Å²) in [5, 5.41) is 0. The third-order valence-corrected chi connectivity index (χ3v) is 5.61. The second kappa shape index (κ2) is 4.06. The maximum atomic E-state index is 3.39. The minimum absolute atomic E-state index is 0. The summed E-state index contributed by atoms with van der Waals surface area (Å²) in [4.78, 5) is 0. The van der Waals surface area contributed by atoms with Crippen molar-refractivity contribution in [2.75, 3.05) is 0 Å². The fourth-order valence-corrected chi connectivity index (χ4v) is 3.54. The number of hydrogen-bond acceptors (Lipinski definition) is 0. The largest absolute Gasteiger partial charge is 1.00 e. The van der Waals surface area contributed by atoms with Crippen LogP contribution in [0.3, 0.4) is 0 Å². The van der Waals surface area contributed by atoms with Crippen molar-refractivity contribution >= 4 is 13.3 Å². The number of hydrogen-bond donors (Lipinski definition) is 0. The van der Waals surface area contributed by atoms with Crippen LogP contribution in [-0.2, 0) is 26.2 Å². The molecule has 0 saturated carbocycles. The van der Waals surface area contributed by atoms with Gasteiger partial charge < -0.3 is 2.85 Å². The van der Waals surface area contributed by atoms with E-state index in [2.05, 4.69) is 35.5 Å². The Morgan fingerprint density at radius 3 is 2.30 bits per heavy atom. The van der Waals surface area contributed by atoms with Crippen molar-refractivity contribution in [1.82, 2.24) is 0 Å². The Balaban J connectivity index is -0.000000270. The first kappa shape index (κ1) is 10.9. The van der Waals surface area contributed by atoms with Crippen molar-refractivity contribution in [3.63, 3.8) is 0 Å². The van der Waals surface area contributed by atoms with Gasteiger partial charge in [-0.15, -0.1) is 0 Å². The van der Waals surface area contributed by atoms with Crippen LogP contribution in [0.5, 0.6) is 0 Å². The molecule has 1 rings (SSSR count). The summed E-state index contributed by atoms with van der Waals surface area (Å²) >= 11 is -1.46. The fraction of sp³-hybridized carbons (Fsp3) is 0.500. The van der Waals surface area contributed by atoms with Crippen molar-refractivity contribution < 1.29 is 29.1 Å². The fourth-order valence-electron chi connectivity index (χ4n) is 0.920. The van der Waals surface area contributed by atoms with Gasteiger partial charge in [-0.2, -0.15) is 0 Å². The molecule has 0 nitrogen and oxygen atoms in total. The molecule has 1 aliphatic rings. The summed E-state index contributed by atoms with van der Waals surface area (Å²) in [7, 11) is 0. The quantitative estimate of drug-likeness (QED) is 0.510. The van der Waals surface area contributed by atoms with Crippen LogP contribution in [0, 0.1) is 6.08 Å². The molecule has 0 bridgehead atoms. The van der Waals surface area contributed by atoms with E-state index in [1.54, 1.807) is 0 Å². The van der Waals surface area contributed by atoms with Gasteiger partial charge in [0.2, 0.25) is 0 Å². The molecule has 0 atom stereocenters. The SMILES string of the molecule is [CH3][Ge]([CH3])([CH3])[C]1=[C-]CC=C1.[H-].[H-].[Zr]. The minimum atomic E-state index is -1.46. The molecule has 0 aliphatic heterocycles. The van der Waals surface area contributed by atoms with Crippen molar-refractivity contribution in [1.29, 1.82) is 0 Å². The Hall–Kier alpha value is 0.906. The first-order valence-corrected chi connectivity index (χ1v) is 10.7. The molecule has 0 aromatic heterocycles. The Morgan fingerprint density at radius 2 is 2.10 bits per heavy atom. The summed E-state index contributed by atoms with van der Waals surface area (Å²) in [6, 6.07) is 0. The summed E-state index contributed by atoms with van der Waals surface area (Å²) in [5.74, 6) is 7.20. The summed E-state index contributed by atoms with van der Waals surface area (Å²) in [5.41, 5.74) is 0. The first-order valence-electron chi connectivity index (χ1n) is 3.38. The summed E-state index contributed by atoms with van der Waals surface area (Å²) in [6.07, 6.45) is 8.89. The van der Waals surface area contributed by atoms with Gasteiger partial charge in [0.15, 0.2) is 0 Å². The third-order valence-electron chi connectivity index (χ3n) is 1.50. The molecule has 0 saturated heterocycles. The predicted molar refractivity (Wildman–Crippen MR) is 46.1 cm³/mol. The van der Waals surface area contributed by atoms with Gasteiger partial charge in [-0.05, 0) is 0 Å². The molecule has 0 aromatic rings. The van der Waals surface area contributed by atoms with Gasteiger partial charge in [-0.3, -0.25) is 0 Å². The Bertz CT molecular complexity index is 170. The molecule has 58 valence electrons. The Labute approximate surface area is 88.2 Å². The molecule has 0 aromatic carbocycles. The van der Waals surface area contributed by atoms with Gasteiger partial charge in [0.25, 0.3) is 0 Å². The molecular formula is C8H15GeZr-3. The molecule has 0 N–H and O–H groups in total. The zero-order valence-electron chi connectivity index (χ0n) is 8.86. The van der Waals surface area contributed by atoms with Gasteiger partial charge in [0, 0.05) is 26.2 Å². The van der Waals surface area contributed by atoms with Crippen molar-refractivity contribution in [2.45, 2.75) is 23.7 Å². The van der Waals surface area contributed by atoms with Crippen LogP contribution in [0.2, 0.25) is 17.3 Å². The molecule has 0 heterocycles. The van der Waals surface area contributed by atoms with Crippen molar-refractivity contribution in [3.05, 3.63) is 22.6 Å². The first-order chi connectivity index (χ1) is 4.11. The van der Waals surface area contributed by atoms with Crippen LogP contribution in [0.25, 0.3) is 0 Å². The van der Waals surface area contributed by atoms with E-state index in [1.807, 2.05) is 0 Å². The zero-order valence-corrected chi connectivity index (χ0v) is 11.4. The molecular weight excluding hydrogens is 260 g/mol. The monoisotopic (exact) mass is 275 g/mol. The average Bonchev–Trinajstić information content (AvgIpc) is 2.08. The van der Waals surface area contributed by atoms with E-state index in [4.69, 9.17) is 0 Å². The van der Waals surface area contributed by atoms with Gasteiger partial charge >= 0.3 is 59.6 Å². The van der Waals surface area contributed by atoms with Gasteiger partial charge in [0.05, 0.1) is 0 Å². The molecule has 0 amide bonds. The average molecular weight is 275 g/mol. The number of rotatable bonds is 1. The normalized spacial score (nSPS) is 16.5. The second-order valence-electron chi connectivity index (χ2n) is 3.45. The molecule has 1 aliphatic carbocycles. The Morgan fingerprint density at radius 1 is 1.50 bits per heavy atom. The van der Waals surface area contributed by atoms with Crippen LogP contribution in [0.1, 0.15) is 9.27 Å². The van der Waals surface area contributed by atoms with Crippen LogP contribution in [0.4, 0.5) is 0 Å². The van der Waals surface area contributed by atoms with E-state index in [0.717, 1.165) is 6.42 Å². The van der Waals surface area contributed by atoms with E-state index < -0.39 is 13.3 Å². The van der Waals surface area contributed by atoms with Crippen LogP contribution in [0.15, 0.2) is 16.6 Å². The maximum absolute atomic E-state index is 3.39. The molecule has 0 radical (unpaired) electrons. The van der Waals surface area contributed by atoms with Crippen molar-refractivity contribution in [3.8, 4) is 0 Å². The predicted octanol–water partition coefficient (Wildman–Crippen LogP) is 2.78. The van der Waals surface area contributed by atoms with E-state index >= 15 is 0 Å². The van der Waals surface area contributed by atoms with Gasteiger partial charge in [0.1, 0.15) is 0 Å². The molecule has 10 heavy (non-hydrogen) atoms. The van der Waals surface area contributed by atoms with E-state index in [-0.39, 0.29) is 29.1 Å². The molecule has 2 heteroatoms. The molecule has 0 unspecified atom stereocenters. The zero-order chi connectivity index (χ0) is 6.91. The van der Waals surface area contributed by atoms with Gasteiger partial charge in [-0.25, -0.2) is 0 Å². The van der Waals surface area contributed by atoms with E-state index in [9.17, 15) is 0 Å². The molecule has 0 spiro atoms. The summed E-state index contributed by atoms with van der Waals surface area (Å²) < 4.78 is 1.54. The maximum Gasteiger partial charge on any atom is 0 e. The van der Waals surface area contributed by atoms with Gasteiger partial charge in [-0.1, -0.05) is 0 Å². The van der Waals surface area contributed by atoms with E-state index in [0.29, 0.717) is 0 Å². The van der Waals surface area contributed by atoms with E-state index in [1.165, 1.54) is 4.41 Å².